The van der Waals surface area contributed by atoms with E-state index in [1.165, 1.54) is 0 Å². The predicted octanol–water partition coefficient (Wildman–Crippen LogP) is 1.33. The van der Waals surface area contributed by atoms with Gasteiger partial charge in [-0.3, -0.25) is 9.59 Å². The third-order valence-corrected chi connectivity index (χ3v) is 3.09. The number of carboxylic acid groups (broad SMARTS) is 1. The van der Waals surface area contributed by atoms with Crippen molar-refractivity contribution in [3.8, 4) is 0 Å². The summed E-state index contributed by atoms with van der Waals surface area (Å²) < 4.78 is 5.30. The zero-order chi connectivity index (χ0) is 14.4. The van der Waals surface area contributed by atoms with Gasteiger partial charge in [-0.2, -0.15) is 0 Å². The van der Waals surface area contributed by atoms with E-state index in [2.05, 4.69) is 10.2 Å². The van der Waals surface area contributed by atoms with Gasteiger partial charge in [0.1, 0.15) is 0 Å². The van der Waals surface area contributed by atoms with Crippen LogP contribution < -0.4 is 10.2 Å². The van der Waals surface area contributed by atoms with Crippen LogP contribution >= 0.6 is 0 Å². The van der Waals surface area contributed by atoms with Gasteiger partial charge >= 0.3 is 5.97 Å². The summed E-state index contributed by atoms with van der Waals surface area (Å²) in [5, 5.41) is 11.2. The van der Waals surface area contributed by atoms with Crippen molar-refractivity contribution in [3.05, 3.63) is 24.3 Å². The monoisotopic (exact) mass is 278 g/mol. The first-order valence-corrected chi connectivity index (χ1v) is 6.59. The summed E-state index contributed by atoms with van der Waals surface area (Å²) in [6.07, 6.45) is -0.168. The number of hydrogen-bond acceptors (Lipinski definition) is 4. The van der Waals surface area contributed by atoms with Crippen molar-refractivity contribution in [1.82, 2.24) is 0 Å². The highest BCUT2D eigenvalue weighted by atomic mass is 16.5. The Morgan fingerprint density at radius 2 is 1.80 bits per heavy atom. The number of rotatable bonds is 5. The minimum Gasteiger partial charge on any atom is -0.481 e. The molecule has 0 aliphatic carbocycles. The van der Waals surface area contributed by atoms with Crippen LogP contribution in [0.4, 0.5) is 11.4 Å². The molecule has 0 aromatic heterocycles. The van der Waals surface area contributed by atoms with Gasteiger partial charge in [-0.1, -0.05) is 0 Å². The van der Waals surface area contributed by atoms with Gasteiger partial charge in [0.25, 0.3) is 0 Å². The SMILES string of the molecule is O=C(O)CCC(=O)Nc1ccc(N2CCOCC2)cc1. The fourth-order valence-electron chi connectivity index (χ4n) is 2.02. The number of amides is 1. The Kier molecular flexibility index (Phi) is 4.95. The number of carboxylic acids is 1. The molecule has 1 heterocycles. The molecule has 1 aliphatic heterocycles. The number of ether oxygens (including phenoxy) is 1. The predicted molar refractivity (Wildman–Crippen MR) is 75.0 cm³/mol. The number of carbonyl (C=O) groups excluding carboxylic acids is 1. The second-order valence-electron chi connectivity index (χ2n) is 4.59. The van der Waals surface area contributed by atoms with E-state index in [0.717, 1.165) is 32.0 Å². The van der Waals surface area contributed by atoms with Crippen LogP contribution in [0, 0.1) is 0 Å². The Morgan fingerprint density at radius 1 is 1.15 bits per heavy atom. The van der Waals surface area contributed by atoms with Crippen molar-refractivity contribution in [1.29, 1.82) is 0 Å². The average molecular weight is 278 g/mol. The highest BCUT2D eigenvalue weighted by molar-refractivity contribution is 5.92. The molecule has 0 bridgehead atoms. The Bertz CT molecular complexity index is 467. The molecule has 1 aliphatic rings. The van der Waals surface area contributed by atoms with E-state index in [0.29, 0.717) is 5.69 Å². The van der Waals surface area contributed by atoms with Crippen molar-refractivity contribution in [2.75, 3.05) is 36.5 Å². The lowest BCUT2D eigenvalue weighted by Gasteiger charge is -2.28. The summed E-state index contributed by atoms with van der Waals surface area (Å²) in [7, 11) is 0. The van der Waals surface area contributed by atoms with Crippen molar-refractivity contribution in [2.45, 2.75) is 12.8 Å². The summed E-state index contributed by atoms with van der Waals surface area (Å²) in [5.41, 5.74) is 1.77. The van der Waals surface area contributed by atoms with Crippen molar-refractivity contribution >= 4 is 23.3 Å². The van der Waals surface area contributed by atoms with Gasteiger partial charge in [-0.05, 0) is 24.3 Å². The number of aliphatic carboxylic acids is 1. The Labute approximate surface area is 117 Å². The normalized spacial score (nSPS) is 14.9. The lowest BCUT2D eigenvalue weighted by Crippen LogP contribution is -2.36. The molecular weight excluding hydrogens is 260 g/mol. The number of nitrogens with one attached hydrogen (secondary N) is 1. The van der Waals surface area contributed by atoms with Crippen LogP contribution in [0.5, 0.6) is 0 Å². The summed E-state index contributed by atoms with van der Waals surface area (Å²) in [5.74, 6) is -1.26. The molecule has 1 aromatic rings. The van der Waals surface area contributed by atoms with Gasteiger partial charge in [0.05, 0.1) is 19.6 Å². The van der Waals surface area contributed by atoms with Gasteiger partial charge in [-0.25, -0.2) is 0 Å². The van der Waals surface area contributed by atoms with E-state index in [-0.39, 0.29) is 18.7 Å². The average Bonchev–Trinajstić information content (AvgIpc) is 2.47. The fourth-order valence-corrected chi connectivity index (χ4v) is 2.02. The molecule has 1 amide bonds. The van der Waals surface area contributed by atoms with Crippen LogP contribution in [0.15, 0.2) is 24.3 Å². The number of anilines is 2. The number of morpholine rings is 1. The lowest BCUT2D eigenvalue weighted by molar-refractivity contribution is -0.138. The van der Waals surface area contributed by atoms with E-state index in [4.69, 9.17) is 9.84 Å². The highest BCUT2D eigenvalue weighted by Gasteiger charge is 2.11. The highest BCUT2D eigenvalue weighted by Crippen LogP contribution is 2.19. The molecule has 0 radical (unpaired) electrons. The molecule has 108 valence electrons. The maximum atomic E-state index is 11.5. The van der Waals surface area contributed by atoms with E-state index in [1.54, 1.807) is 0 Å². The van der Waals surface area contributed by atoms with Crippen molar-refractivity contribution < 1.29 is 19.4 Å². The van der Waals surface area contributed by atoms with Crippen LogP contribution in [0.1, 0.15) is 12.8 Å². The van der Waals surface area contributed by atoms with Gasteiger partial charge in [0, 0.05) is 30.9 Å². The third-order valence-electron chi connectivity index (χ3n) is 3.09. The zero-order valence-electron chi connectivity index (χ0n) is 11.2. The molecule has 0 unspecified atom stereocenters. The Hall–Kier alpha value is -2.08. The zero-order valence-corrected chi connectivity index (χ0v) is 11.2. The molecule has 0 spiro atoms. The number of hydrogen-bond donors (Lipinski definition) is 2. The number of nitrogens with zero attached hydrogens (tertiary/aromatic N) is 1. The van der Waals surface area contributed by atoms with Crippen molar-refractivity contribution in [2.24, 2.45) is 0 Å². The molecule has 1 aromatic carbocycles. The Morgan fingerprint density at radius 3 is 2.40 bits per heavy atom. The topological polar surface area (TPSA) is 78.9 Å². The molecule has 1 fully saturated rings. The Balaban J connectivity index is 1.87. The molecule has 6 heteroatoms. The molecular formula is C14H18N2O4. The minimum absolute atomic E-state index is 0.0133. The van der Waals surface area contributed by atoms with Crippen LogP contribution in [0.25, 0.3) is 0 Å². The first-order chi connectivity index (χ1) is 9.65. The summed E-state index contributed by atoms with van der Waals surface area (Å²) in [6, 6.07) is 7.53. The minimum atomic E-state index is -0.970. The first kappa shape index (κ1) is 14.3. The summed E-state index contributed by atoms with van der Waals surface area (Å²) in [6.45, 7) is 3.19. The molecule has 0 saturated carbocycles. The standard InChI is InChI=1S/C14H18N2O4/c17-13(5-6-14(18)19)15-11-1-3-12(4-2-11)16-7-9-20-10-8-16/h1-4H,5-10H2,(H,15,17)(H,18,19). The van der Waals surface area contributed by atoms with Gasteiger partial charge in [-0.15, -0.1) is 0 Å². The third kappa shape index (κ3) is 4.24. The maximum absolute atomic E-state index is 11.5. The summed E-state index contributed by atoms with van der Waals surface area (Å²) in [4.78, 5) is 24.1. The molecule has 0 atom stereocenters. The van der Waals surface area contributed by atoms with E-state index in [9.17, 15) is 9.59 Å². The molecule has 20 heavy (non-hydrogen) atoms. The summed E-state index contributed by atoms with van der Waals surface area (Å²) >= 11 is 0. The van der Waals surface area contributed by atoms with Gasteiger partial charge in [0.2, 0.25) is 5.91 Å². The number of benzene rings is 1. The van der Waals surface area contributed by atoms with Crippen LogP contribution in [-0.2, 0) is 14.3 Å². The molecule has 2 rings (SSSR count). The van der Waals surface area contributed by atoms with Crippen LogP contribution in [0.2, 0.25) is 0 Å². The van der Waals surface area contributed by atoms with Crippen LogP contribution in [-0.4, -0.2) is 43.3 Å². The van der Waals surface area contributed by atoms with Crippen molar-refractivity contribution in [3.63, 3.8) is 0 Å². The van der Waals surface area contributed by atoms with E-state index in [1.807, 2.05) is 24.3 Å². The molecule has 1 saturated heterocycles. The molecule has 2 N–H and O–H groups in total. The quantitative estimate of drug-likeness (QED) is 0.849. The van der Waals surface area contributed by atoms with Crippen LogP contribution in [0.3, 0.4) is 0 Å². The molecule has 6 nitrogen and oxygen atoms in total. The lowest BCUT2D eigenvalue weighted by atomic mass is 10.2. The maximum Gasteiger partial charge on any atom is 0.303 e. The first-order valence-electron chi connectivity index (χ1n) is 6.59. The van der Waals surface area contributed by atoms with E-state index >= 15 is 0 Å². The van der Waals surface area contributed by atoms with Gasteiger partial charge < -0.3 is 20.1 Å². The largest absolute Gasteiger partial charge is 0.481 e. The number of carbonyl (C=O) groups is 2. The van der Waals surface area contributed by atoms with Gasteiger partial charge in [0.15, 0.2) is 0 Å². The van der Waals surface area contributed by atoms with E-state index < -0.39 is 5.97 Å². The second kappa shape index (κ2) is 6.91. The smallest absolute Gasteiger partial charge is 0.303 e. The second-order valence-corrected chi connectivity index (χ2v) is 4.59. The fraction of sp³-hybridized carbons (Fsp3) is 0.429.